The molecule has 1 aromatic rings. The number of hydrogen-bond acceptors (Lipinski definition) is 4. The summed E-state index contributed by atoms with van der Waals surface area (Å²) in [5.74, 6) is -2.25. The van der Waals surface area contributed by atoms with Crippen LogP contribution in [0.4, 0.5) is 10.1 Å². The van der Waals surface area contributed by atoms with E-state index in [1.807, 2.05) is 0 Å². The van der Waals surface area contributed by atoms with Gasteiger partial charge in [0, 0.05) is 22.6 Å². The van der Waals surface area contributed by atoms with Crippen molar-refractivity contribution in [2.24, 2.45) is 0 Å². The fourth-order valence-corrected chi connectivity index (χ4v) is 2.85. The number of nitro groups is 1. The zero-order valence-electron chi connectivity index (χ0n) is 10.0. The van der Waals surface area contributed by atoms with E-state index in [-0.39, 0.29) is 17.7 Å². The second-order valence-corrected chi connectivity index (χ2v) is 5.45. The Hall–Kier alpha value is -1.83. The van der Waals surface area contributed by atoms with Crippen molar-refractivity contribution in [3.63, 3.8) is 0 Å². The van der Waals surface area contributed by atoms with Crippen LogP contribution in [0.25, 0.3) is 0 Å². The number of carbonyl (C=O) groups is 1. The van der Waals surface area contributed by atoms with Crippen LogP contribution in [0.3, 0.4) is 0 Å². The Morgan fingerprint density at radius 3 is 2.63 bits per heavy atom. The van der Waals surface area contributed by atoms with Crippen LogP contribution in [0.15, 0.2) is 18.2 Å². The summed E-state index contributed by atoms with van der Waals surface area (Å²) in [5, 5.41) is 18.3. The average Bonchev–Trinajstić information content (AvgIpc) is 2.28. The summed E-state index contributed by atoms with van der Waals surface area (Å²) in [6.45, 7) is 1.57. The van der Waals surface area contributed by atoms with Crippen LogP contribution < -0.4 is 0 Å². The minimum absolute atomic E-state index is 0.143. The number of aliphatic carboxylic acids is 1. The summed E-state index contributed by atoms with van der Waals surface area (Å²) < 4.78 is 25.0. The van der Waals surface area contributed by atoms with Gasteiger partial charge >= 0.3 is 5.97 Å². The Kier molecular flexibility index (Phi) is 5.11. The summed E-state index contributed by atoms with van der Waals surface area (Å²) in [7, 11) is -1.76. The third-order valence-corrected chi connectivity index (χ3v) is 4.21. The van der Waals surface area contributed by atoms with Gasteiger partial charge in [-0.25, -0.2) is 4.39 Å². The summed E-state index contributed by atoms with van der Waals surface area (Å²) in [6.07, 6.45) is 0.166. The highest BCUT2D eigenvalue weighted by Gasteiger charge is 2.23. The molecule has 0 aliphatic heterocycles. The lowest BCUT2D eigenvalue weighted by atomic mass is 10.2. The molecule has 1 aromatic carbocycles. The quantitative estimate of drug-likeness (QED) is 0.636. The van der Waals surface area contributed by atoms with E-state index < -0.39 is 38.4 Å². The first kappa shape index (κ1) is 15.2. The lowest BCUT2D eigenvalue weighted by Crippen LogP contribution is -2.25. The maximum atomic E-state index is 13.2. The number of rotatable bonds is 6. The predicted molar refractivity (Wildman–Crippen MR) is 66.6 cm³/mol. The first-order chi connectivity index (χ1) is 8.85. The maximum Gasteiger partial charge on any atom is 0.319 e. The molecule has 0 aromatic heterocycles. The van der Waals surface area contributed by atoms with E-state index in [1.54, 1.807) is 6.92 Å². The molecule has 0 saturated heterocycles. The van der Waals surface area contributed by atoms with Gasteiger partial charge in [0.05, 0.1) is 11.0 Å². The monoisotopic (exact) mass is 289 g/mol. The molecule has 0 radical (unpaired) electrons. The lowest BCUT2D eigenvalue weighted by molar-refractivity contribution is -0.385. The second kappa shape index (κ2) is 6.37. The highest BCUT2D eigenvalue weighted by Crippen LogP contribution is 2.19. The number of nitro benzene ring substituents is 1. The Morgan fingerprint density at radius 1 is 1.53 bits per heavy atom. The lowest BCUT2D eigenvalue weighted by Gasteiger charge is -2.09. The Labute approximate surface area is 110 Å². The van der Waals surface area contributed by atoms with Crippen molar-refractivity contribution in [1.82, 2.24) is 0 Å². The first-order valence-corrected chi connectivity index (χ1v) is 6.77. The van der Waals surface area contributed by atoms with E-state index in [1.165, 1.54) is 0 Å². The number of carboxylic acid groups (broad SMARTS) is 1. The number of halogens is 1. The van der Waals surface area contributed by atoms with E-state index in [0.717, 1.165) is 18.2 Å². The van der Waals surface area contributed by atoms with E-state index in [4.69, 9.17) is 5.11 Å². The average molecular weight is 289 g/mol. The number of non-ortho nitro benzene ring substituents is 1. The molecule has 19 heavy (non-hydrogen) atoms. The van der Waals surface area contributed by atoms with Crippen molar-refractivity contribution in [2.45, 2.75) is 24.3 Å². The summed E-state index contributed by atoms with van der Waals surface area (Å²) in [4.78, 5) is 20.6. The van der Waals surface area contributed by atoms with Gasteiger partial charge in [0.25, 0.3) is 5.69 Å². The largest absolute Gasteiger partial charge is 0.480 e. The third kappa shape index (κ3) is 4.09. The molecule has 0 aliphatic carbocycles. The van der Waals surface area contributed by atoms with Crippen LogP contribution in [0.2, 0.25) is 0 Å². The van der Waals surface area contributed by atoms with Gasteiger partial charge in [0.2, 0.25) is 0 Å². The molecule has 104 valence electrons. The Morgan fingerprint density at radius 2 is 2.16 bits per heavy atom. The minimum Gasteiger partial charge on any atom is -0.480 e. The zero-order chi connectivity index (χ0) is 14.6. The van der Waals surface area contributed by atoms with Crippen molar-refractivity contribution in [3.8, 4) is 0 Å². The molecule has 6 nitrogen and oxygen atoms in total. The van der Waals surface area contributed by atoms with Gasteiger partial charge in [-0.1, -0.05) is 6.92 Å². The summed E-state index contributed by atoms with van der Waals surface area (Å²) in [5.41, 5.74) is -0.305. The SMILES string of the molecule is CCC(C(=O)O)S(=O)Cc1cc(F)cc([N+](=O)[O-])c1. The van der Waals surface area contributed by atoms with E-state index >= 15 is 0 Å². The van der Waals surface area contributed by atoms with Crippen LogP contribution in [0, 0.1) is 15.9 Å². The normalized spacial score (nSPS) is 13.8. The predicted octanol–water partition coefficient (Wildman–Crippen LogP) is 1.85. The maximum absolute atomic E-state index is 13.2. The van der Waals surface area contributed by atoms with Gasteiger partial charge < -0.3 is 5.11 Å². The number of nitrogens with zero attached hydrogens (tertiary/aromatic N) is 1. The smallest absolute Gasteiger partial charge is 0.319 e. The topological polar surface area (TPSA) is 97.5 Å². The van der Waals surface area contributed by atoms with Gasteiger partial charge in [0.15, 0.2) is 0 Å². The highest BCUT2D eigenvalue weighted by atomic mass is 32.2. The van der Waals surface area contributed by atoms with Crippen molar-refractivity contribution in [2.75, 3.05) is 0 Å². The molecule has 1 N–H and O–H groups in total. The fourth-order valence-electron chi connectivity index (χ4n) is 1.56. The van der Waals surface area contributed by atoms with E-state index in [0.29, 0.717) is 0 Å². The standard InChI is InChI=1S/C11H12FNO5S/c1-2-10(11(14)15)19(18)6-7-3-8(12)5-9(4-7)13(16)17/h3-5,10H,2,6H2,1H3,(H,14,15). The van der Waals surface area contributed by atoms with Crippen LogP contribution in [-0.2, 0) is 21.3 Å². The van der Waals surface area contributed by atoms with Crippen LogP contribution in [0.5, 0.6) is 0 Å². The van der Waals surface area contributed by atoms with E-state index in [9.17, 15) is 23.5 Å². The molecule has 0 spiro atoms. The van der Waals surface area contributed by atoms with Crippen molar-refractivity contribution in [3.05, 3.63) is 39.7 Å². The Bertz CT molecular complexity index is 534. The molecule has 0 saturated carbocycles. The molecule has 2 unspecified atom stereocenters. The zero-order valence-corrected chi connectivity index (χ0v) is 10.9. The van der Waals surface area contributed by atoms with Crippen LogP contribution >= 0.6 is 0 Å². The summed E-state index contributed by atoms with van der Waals surface area (Å²) in [6, 6.07) is 2.86. The molecule has 0 heterocycles. The van der Waals surface area contributed by atoms with Gasteiger partial charge in [-0.15, -0.1) is 0 Å². The van der Waals surface area contributed by atoms with Crippen LogP contribution in [-0.4, -0.2) is 25.5 Å². The second-order valence-electron chi connectivity index (χ2n) is 3.83. The Balaban J connectivity index is 2.96. The molecule has 0 bridgehead atoms. The fraction of sp³-hybridized carbons (Fsp3) is 0.364. The van der Waals surface area contributed by atoms with Gasteiger partial charge in [0.1, 0.15) is 11.1 Å². The number of hydrogen-bond donors (Lipinski definition) is 1. The van der Waals surface area contributed by atoms with Crippen molar-refractivity contribution in [1.29, 1.82) is 0 Å². The van der Waals surface area contributed by atoms with Gasteiger partial charge in [-0.05, 0) is 18.1 Å². The molecule has 0 aliphatic rings. The molecular formula is C11H12FNO5S. The molecule has 1 rings (SSSR count). The molecule has 0 amide bonds. The van der Waals surface area contributed by atoms with E-state index in [2.05, 4.69) is 0 Å². The first-order valence-electron chi connectivity index (χ1n) is 5.39. The molecule has 2 atom stereocenters. The molecule has 0 fully saturated rings. The van der Waals surface area contributed by atoms with Gasteiger partial charge in [-0.3, -0.25) is 19.1 Å². The summed E-state index contributed by atoms with van der Waals surface area (Å²) >= 11 is 0. The number of carboxylic acids is 1. The molecule has 8 heteroatoms. The van der Waals surface area contributed by atoms with Crippen LogP contribution in [0.1, 0.15) is 18.9 Å². The van der Waals surface area contributed by atoms with Gasteiger partial charge in [-0.2, -0.15) is 0 Å². The third-order valence-electron chi connectivity index (χ3n) is 2.43. The number of benzene rings is 1. The van der Waals surface area contributed by atoms with Crippen molar-refractivity contribution >= 4 is 22.5 Å². The molecular weight excluding hydrogens is 277 g/mol. The highest BCUT2D eigenvalue weighted by molar-refractivity contribution is 7.85. The van der Waals surface area contributed by atoms with Crippen molar-refractivity contribution < 1.29 is 23.4 Å². The minimum atomic E-state index is -1.76.